The summed E-state index contributed by atoms with van der Waals surface area (Å²) >= 11 is 1.64. The molecule has 1 amide bonds. The minimum absolute atomic E-state index is 0.00677. The minimum atomic E-state index is -0.00677. The molecule has 2 heterocycles. The van der Waals surface area contributed by atoms with Crippen molar-refractivity contribution >= 4 is 28.6 Å². The van der Waals surface area contributed by atoms with Crippen molar-refractivity contribution in [1.82, 2.24) is 9.88 Å². The van der Waals surface area contributed by atoms with Gasteiger partial charge in [0.15, 0.2) is 0 Å². The Labute approximate surface area is 152 Å². The maximum atomic E-state index is 12.8. The van der Waals surface area contributed by atoms with Crippen molar-refractivity contribution < 1.29 is 9.21 Å². The topological polar surface area (TPSA) is 46.3 Å². The van der Waals surface area contributed by atoms with Gasteiger partial charge in [0.1, 0.15) is 11.3 Å². The van der Waals surface area contributed by atoms with E-state index in [1.807, 2.05) is 37.4 Å². The Kier molecular flexibility index (Phi) is 5.43. The largest absolute Gasteiger partial charge is 0.461 e. The molecule has 0 atom stereocenters. The number of aryl methyl sites for hydroxylation is 1. The molecule has 0 aliphatic heterocycles. The normalized spacial score (nSPS) is 11.0. The summed E-state index contributed by atoms with van der Waals surface area (Å²) in [4.78, 5) is 18.9. The van der Waals surface area contributed by atoms with Crippen LogP contribution in [0.15, 0.2) is 52.0 Å². The summed E-state index contributed by atoms with van der Waals surface area (Å²) in [6.07, 6.45) is 2.50. The number of pyridine rings is 1. The van der Waals surface area contributed by atoms with Gasteiger partial charge >= 0.3 is 0 Å². The lowest BCUT2D eigenvalue weighted by Gasteiger charge is -2.17. The molecule has 130 valence electrons. The Morgan fingerprint density at radius 3 is 2.80 bits per heavy atom. The molecule has 0 saturated carbocycles. The molecule has 1 aromatic carbocycles. The molecule has 2 aromatic heterocycles. The van der Waals surface area contributed by atoms with Crippen LogP contribution in [0.1, 0.15) is 35.5 Å². The monoisotopic (exact) mass is 354 g/mol. The third kappa shape index (κ3) is 3.71. The second-order valence-electron chi connectivity index (χ2n) is 5.83. The van der Waals surface area contributed by atoms with E-state index in [-0.39, 0.29) is 5.91 Å². The van der Waals surface area contributed by atoms with E-state index in [9.17, 15) is 4.79 Å². The van der Waals surface area contributed by atoms with Crippen LogP contribution >= 0.6 is 11.8 Å². The van der Waals surface area contributed by atoms with Crippen molar-refractivity contribution in [3.63, 3.8) is 0 Å². The smallest absolute Gasteiger partial charge is 0.254 e. The molecule has 0 spiro atoms. The Morgan fingerprint density at radius 1 is 1.24 bits per heavy atom. The van der Waals surface area contributed by atoms with Gasteiger partial charge in [-0.25, -0.2) is 4.98 Å². The van der Waals surface area contributed by atoms with Gasteiger partial charge < -0.3 is 9.32 Å². The molecule has 0 aliphatic carbocycles. The fraction of sp³-hybridized carbons (Fsp3) is 0.300. The van der Waals surface area contributed by atoms with Gasteiger partial charge in [-0.2, -0.15) is 0 Å². The Balaban J connectivity index is 1.86. The lowest BCUT2D eigenvalue weighted by atomic mass is 10.1. The van der Waals surface area contributed by atoms with Crippen molar-refractivity contribution in [2.45, 2.75) is 31.8 Å². The fourth-order valence-corrected chi connectivity index (χ4v) is 3.55. The number of hydrogen-bond acceptors (Lipinski definition) is 4. The van der Waals surface area contributed by atoms with Crippen LogP contribution in [0.5, 0.6) is 0 Å². The van der Waals surface area contributed by atoms with E-state index in [4.69, 9.17) is 4.42 Å². The molecule has 3 aromatic rings. The Hall–Kier alpha value is -2.27. The summed E-state index contributed by atoms with van der Waals surface area (Å²) < 4.78 is 5.93. The lowest BCUT2D eigenvalue weighted by molar-refractivity contribution is 0.0784. The predicted octanol–water partition coefficient (Wildman–Crippen LogP) is 4.77. The fourth-order valence-electron chi connectivity index (χ4n) is 2.91. The van der Waals surface area contributed by atoms with E-state index in [2.05, 4.69) is 18.8 Å². The molecular formula is C20H22N2O2S. The van der Waals surface area contributed by atoms with Crippen LogP contribution in [-0.4, -0.2) is 28.6 Å². The number of amides is 1. The molecular weight excluding hydrogens is 332 g/mol. The summed E-state index contributed by atoms with van der Waals surface area (Å²) in [5.74, 6) is 1.87. The first-order chi connectivity index (χ1) is 12.1. The van der Waals surface area contributed by atoms with Crippen LogP contribution in [0, 0.1) is 0 Å². The minimum Gasteiger partial charge on any atom is -0.461 e. The van der Waals surface area contributed by atoms with Gasteiger partial charge in [0.05, 0.1) is 5.03 Å². The van der Waals surface area contributed by atoms with Gasteiger partial charge in [-0.1, -0.05) is 32.0 Å². The number of benzene rings is 1. The van der Waals surface area contributed by atoms with Crippen molar-refractivity contribution in [2.24, 2.45) is 0 Å². The Bertz CT molecular complexity index is 888. The van der Waals surface area contributed by atoms with Crippen LogP contribution in [0.25, 0.3) is 11.0 Å². The zero-order valence-electron chi connectivity index (χ0n) is 14.8. The molecule has 5 heteroatoms. The van der Waals surface area contributed by atoms with Gasteiger partial charge in [-0.15, -0.1) is 11.8 Å². The molecule has 25 heavy (non-hydrogen) atoms. The quantitative estimate of drug-likeness (QED) is 0.598. The molecule has 0 aliphatic rings. The van der Waals surface area contributed by atoms with E-state index < -0.39 is 0 Å². The maximum absolute atomic E-state index is 12.8. The predicted molar refractivity (Wildman–Crippen MR) is 102 cm³/mol. The average molecular weight is 354 g/mol. The van der Waals surface area contributed by atoms with Crippen LogP contribution in [0.4, 0.5) is 0 Å². The number of carbonyl (C=O) groups is 1. The number of nitrogens with zero attached hydrogens (tertiary/aromatic N) is 2. The summed E-state index contributed by atoms with van der Waals surface area (Å²) in [5, 5.41) is 1.96. The highest BCUT2D eigenvalue weighted by atomic mass is 32.2. The molecule has 0 bridgehead atoms. The third-order valence-corrected chi connectivity index (χ3v) is 4.93. The number of fused-ring (bicyclic) bond motifs is 1. The second kappa shape index (κ2) is 7.74. The number of para-hydroxylation sites is 1. The van der Waals surface area contributed by atoms with Crippen LogP contribution in [0.3, 0.4) is 0 Å². The van der Waals surface area contributed by atoms with Gasteiger partial charge in [-0.05, 0) is 24.0 Å². The van der Waals surface area contributed by atoms with E-state index >= 15 is 0 Å². The maximum Gasteiger partial charge on any atom is 0.254 e. The molecule has 0 unspecified atom stereocenters. The van der Waals surface area contributed by atoms with E-state index in [1.165, 1.54) is 0 Å². The summed E-state index contributed by atoms with van der Waals surface area (Å²) in [5.41, 5.74) is 2.63. The standard InChI is InChI=1S/C20H22N2O2S/c1-4-17-16(15-8-6-7-9-18(15)24-17)13-22(3)20(23)14-10-11-21-19(12-14)25-5-2/h6-12H,4-5,13H2,1-3H3. The molecule has 0 N–H and O–H groups in total. The number of aromatic nitrogens is 1. The van der Waals surface area contributed by atoms with Crippen LogP contribution in [0.2, 0.25) is 0 Å². The number of hydrogen-bond donors (Lipinski definition) is 0. The van der Waals surface area contributed by atoms with Crippen molar-refractivity contribution in [1.29, 1.82) is 0 Å². The third-order valence-electron chi connectivity index (χ3n) is 4.12. The van der Waals surface area contributed by atoms with Gasteiger partial charge in [-0.3, -0.25) is 4.79 Å². The van der Waals surface area contributed by atoms with Crippen LogP contribution < -0.4 is 0 Å². The van der Waals surface area contributed by atoms with Gasteiger partial charge in [0.2, 0.25) is 0 Å². The van der Waals surface area contributed by atoms with Gasteiger partial charge in [0.25, 0.3) is 5.91 Å². The number of carbonyl (C=O) groups excluding carboxylic acids is 1. The number of rotatable bonds is 6. The summed E-state index contributed by atoms with van der Waals surface area (Å²) in [6, 6.07) is 11.6. The first-order valence-corrected chi connectivity index (χ1v) is 9.46. The summed E-state index contributed by atoms with van der Waals surface area (Å²) in [6.45, 7) is 4.67. The lowest BCUT2D eigenvalue weighted by Crippen LogP contribution is -2.26. The van der Waals surface area contributed by atoms with Crippen LogP contribution in [-0.2, 0) is 13.0 Å². The van der Waals surface area contributed by atoms with E-state index in [1.54, 1.807) is 28.9 Å². The first-order valence-electron chi connectivity index (χ1n) is 8.47. The highest BCUT2D eigenvalue weighted by molar-refractivity contribution is 7.99. The molecule has 3 rings (SSSR count). The Morgan fingerprint density at radius 2 is 2.04 bits per heavy atom. The first kappa shape index (κ1) is 17.5. The number of thioether (sulfide) groups is 1. The van der Waals surface area contributed by atoms with E-state index in [0.29, 0.717) is 12.1 Å². The van der Waals surface area contributed by atoms with Crippen molar-refractivity contribution in [2.75, 3.05) is 12.8 Å². The summed E-state index contributed by atoms with van der Waals surface area (Å²) in [7, 11) is 1.83. The van der Waals surface area contributed by atoms with Crippen molar-refractivity contribution in [3.8, 4) is 0 Å². The van der Waals surface area contributed by atoms with E-state index in [0.717, 1.165) is 39.5 Å². The van der Waals surface area contributed by atoms with Gasteiger partial charge in [0, 0.05) is 42.7 Å². The SMILES string of the molecule is CCSc1cc(C(=O)N(C)Cc2c(CC)oc3ccccc23)ccn1. The zero-order valence-corrected chi connectivity index (χ0v) is 15.6. The molecule has 4 nitrogen and oxygen atoms in total. The molecule has 0 saturated heterocycles. The number of furan rings is 1. The molecule has 0 radical (unpaired) electrons. The van der Waals surface area contributed by atoms with Crippen molar-refractivity contribution in [3.05, 3.63) is 59.5 Å². The highest BCUT2D eigenvalue weighted by Crippen LogP contribution is 2.27. The highest BCUT2D eigenvalue weighted by Gasteiger charge is 2.18. The second-order valence-corrected chi connectivity index (χ2v) is 7.11. The average Bonchev–Trinajstić information content (AvgIpc) is 2.99. The molecule has 0 fully saturated rings. The zero-order chi connectivity index (χ0) is 17.8.